The van der Waals surface area contributed by atoms with Crippen molar-refractivity contribution in [1.29, 1.82) is 0 Å². The zero-order chi connectivity index (χ0) is 42.8. The molecule has 0 aliphatic carbocycles. The molecule has 0 saturated heterocycles. The smallest absolute Gasteiger partial charge is 0.0279 e. The third kappa shape index (κ3) is 45.3. The summed E-state index contributed by atoms with van der Waals surface area (Å²) < 4.78 is 0. The minimum absolute atomic E-state index is 1.28. The largest absolute Gasteiger partial charge is 0.0654 e. The molecule has 0 atom stereocenters. The van der Waals surface area contributed by atoms with Crippen molar-refractivity contribution in [3.05, 3.63) is 35.4 Å². The fourth-order valence-electron chi connectivity index (χ4n) is 9.81. The molecule has 0 N–H and O–H groups in total. The molecule has 0 unspecified atom stereocenters. The minimum atomic E-state index is 1.28. The van der Waals surface area contributed by atoms with Crippen molar-refractivity contribution in [1.82, 2.24) is 0 Å². The van der Waals surface area contributed by atoms with E-state index >= 15 is 0 Å². The predicted molar refractivity (Wildman–Crippen MR) is 276 cm³/mol. The van der Waals surface area contributed by atoms with Crippen molar-refractivity contribution in [2.45, 2.75) is 348 Å². The first-order valence-corrected chi connectivity index (χ1v) is 28.9. The van der Waals surface area contributed by atoms with Crippen molar-refractivity contribution < 1.29 is 0 Å². The Balaban J connectivity index is 1.73. The van der Waals surface area contributed by atoms with E-state index in [2.05, 4.69) is 38.1 Å². The quantitative estimate of drug-likeness (QED) is 0.0574. The van der Waals surface area contributed by atoms with Crippen LogP contribution in [0.2, 0.25) is 0 Å². The summed E-state index contributed by atoms with van der Waals surface area (Å²) in [6, 6.07) is 9.70. The van der Waals surface area contributed by atoms with Crippen molar-refractivity contribution in [2.24, 2.45) is 0 Å². The normalized spacial score (nSPS) is 11.6. The van der Waals surface area contributed by atoms with Crippen LogP contribution in [-0.4, -0.2) is 0 Å². The van der Waals surface area contributed by atoms with Gasteiger partial charge in [-0.1, -0.05) is 346 Å². The van der Waals surface area contributed by atoms with Crippen molar-refractivity contribution in [3.8, 4) is 0 Å². The maximum Gasteiger partial charge on any atom is -0.0279 e. The van der Waals surface area contributed by atoms with Crippen molar-refractivity contribution >= 4 is 0 Å². The fourth-order valence-corrected chi connectivity index (χ4v) is 9.81. The molecule has 0 aliphatic rings. The molecule has 354 valence electrons. The van der Waals surface area contributed by atoms with Crippen LogP contribution in [0.3, 0.4) is 0 Å². The van der Waals surface area contributed by atoms with Crippen LogP contribution in [0.4, 0.5) is 0 Å². The van der Waals surface area contributed by atoms with E-state index < -0.39 is 0 Å². The number of unbranched alkanes of at least 4 members (excludes halogenated alkanes) is 48. The number of benzene rings is 1. The van der Waals surface area contributed by atoms with Gasteiger partial charge in [0.15, 0.2) is 0 Å². The predicted octanol–water partition coefficient (Wildman–Crippen LogP) is 22.3. The van der Waals surface area contributed by atoms with Gasteiger partial charge in [-0.05, 0) is 36.8 Å². The summed E-state index contributed by atoms with van der Waals surface area (Å²) >= 11 is 0. The molecule has 1 aromatic carbocycles. The van der Waals surface area contributed by atoms with E-state index in [-0.39, 0.29) is 0 Å². The summed E-state index contributed by atoms with van der Waals surface area (Å²) in [5.41, 5.74) is 3.12. The van der Waals surface area contributed by atoms with Gasteiger partial charge in [0, 0.05) is 0 Å². The summed E-state index contributed by atoms with van der Waals surface area (Å²) in [6.45, 7) is 4.62. The van der Waals surface area contributed by atoms with E-state index in [1.165, 1.54) is 334 Å². The second-order valence-corrected chi connectivity index (χ2v) is 20.3. The Morgan fingerprint density at radius 2 is 0.283 bits per heavy atom. The van der Waals surface area contributed by atoms with Gasteiger partial charge in [0.05, 0.1) is 0 Å². The van der Waals surface area contributed by atoms with Gasteiger partial charge in [-0.15, -0.1) is 0 Å². The van der Waals surface area contributed by atoms with Gasteiger partial charge in [-0.25, -0.2) is 0 Å². The molecule has 0 aliphatic heterocycles. The van der Waals surface area contributed by atoms with E-state index in [9.17, 15) is 0 Å². The lowest BCUT2D eigenvalue weighted by atomic mass is 10.0. The number of rotatable bonds is 52. The van der Waals surface area contributed by atoms with Crippen LogP contribution in [-0.2, 0) is 12.8 Å². The summed E-state index contributed by atoms with van der Waals surface area (Å²) in [6.07, 6.45) is 75.9. The maximum atomic E-state index is 2.43. The van der Waals surface area contributed by atoms with Gasteiger partial charge in [-0.3, -0.25) is 0 Å². The third-order valence-corrected chi connectivity index (χ3v) is 14.2. The molecule has 1 rings (SSSR count). The highest BCUT2D eigenvalue weighted by atomic mass is 14.1. The molecule has 1 aromatic rings. The van der Waals surface area contributed by atoms with Gasteiger partial charge in [0.2, 0.25) is 0 Å². The first-order chi connectivity index (χ1) is 29.9. The average Bonchev–Trinajstić information content (AvgIpc) is 3.26. The third-order valence-electron chi connectivity index (χ3n) is 14.2. The number of hydrogen-bond acceptors (Lipinski definition) is 0. The lowest BCUT2D eigenvalue weighted by Crippen LogP contribution is -1.90. The van der Waals surface area contributed by atoms with Crippen LogP contribution in [0.25, 0.3) is 0 Å². The first kappa shape index (κ1) is 57.2. The molecule has 0 amide bonds. The van der Waals surface area contributed by atoms with Crippen molar-refractivity contribution in [3.63, 3.8) is 0 Å². The van der Waals surface area contributed by atoms with E-state index in [1.54, 1.807) is 11.1 Å². The lowest BCUT2D eigenvalue weighted by molar-refractivity contribution is 0.516. The van der Waals surface area contributed by atoms with Gasteiger partial charge < -0.3 is 0 Å². The Morgan fingerprint density at radius 1 is 0.167 bits per heavy atom. The van der Waals surface area contributed by atoms with Crippen molar-refractivity contribution in [2.75, 3.05) is 0 Å². The summed E-state index contributed by atoms with van der Waals surface area (Å²) in [7, 11) is 0. The molecule has 0 saturated carbocycles. The SMILES string of the molecule is CCCCCCCCCCCCCCCCCCCCCCCCCCCc1ccc(CCCCCCCCCCCCCCCCCCCCCCCCCCC)cc1. The molecule has 0 spiro atoms. The topological polar surface area (TPSA) is 0 Å². The summed E-state index contributed by atoms with van der Waals surface area (Å²) in [5, 5.41) is 0. The van der Waals surface area contributed by atoms with Crippen LogP contribution >= 0.6 is 0 Å². The Labute approximate surface area is 381 Å². The van der Waals surface area contributed by atoms with Gasteiger partial charge in [0.1, 0.15) is 0 Å². The Kier molecular flexibility index (Phi) is 48.5. The highest BCUT2D eigenvalue weighted by Gasteiger charge is 2.01. The Bertz CT molecular complexity index is 809. The van der Waals surface area contributed by atoms with E-state index in [4.69, 9.17) is 0 Å². The molecule has 0 bridgehead atoms. The van der Waals surface area contributed by atoms with Gasteiger partial charge >= 0.3 is 0 Å². The molecule has 0 radical (unpaired) electrons. The Hall–Kier alpha value is -0.780. The summed E-state index contributed by atoms with van der Waals surface area (Å²) in [4.78, 5) is 0. The zero-order valence-electron chi connectivity index (χ0n) is 42.1. The minimum Gasteiger partial charge on any atom is -0.0654 e. The van der Waals surface area contributed by atoms with Crippen LogP contribution in [0.5, 0.6) is 0 Å². The van der Waals surface area contributed by atoms with E-state index in [1.807, 2.05) is 0 Å². The highest BCUT2D eigenvalue weighted by Crippen LogP contribution is 2.19. The molecular formula is C60H114. The Morgan fingerprint density at radius 3 is 0.417 bits per heavy atom. The van der Waals surface area contributed by atoms with Crippen LogP contribution in [0.1, 0.15) is 346 Å². The molecule has 0 nitrogen and oxygen atoms in total. The number of aryl methyl sites for hydroxylation is 2. The molecule has 60 heavy (non-hydrogen) atoms. The lowest BCUT2D eigenvalue weighted by Gasteiger charge is -2.06. The summed E-state index contributed by atoms with van der Waals surface area (Å²) in [5.74, 6) is 0. The van der Waals surface area contributed by atoms with Crippen LogP contribution < -0.4 is 0 Å². The molecule has 0 aromatic heterocycles. The molecule has 0 heterocycles. The number of hydrogen-bond donors (Lipinski definition) is 0. The van der Waals surface area contributed by atoms with Crippen LogP contribution in [0, 0.1) is 0 Å². The highest BCUT2D eigenvalue weighted by molar-refractivity contribution is 5.22. The fraction of sp³-hybridized carbons (Fsp3) is 0.900. The van der Waals surface area contributed by atoms with E-state index in [0.29, 0.717) is 0 Å². The first-order valence-electron chi connectivity index (χ1n) is 28.9. The molecular weight excluding hydrogens is 721 g/mol. The molecule has 0 fully saturated rings. The standard InChI is InChI=1S/C60H114/c1-3-5-7-9-11-13-15-17-19-21-23-25-27-29-31-33-35-37-39-41-43-45-47-49-51-53-59-55-57-60(58-56-59)54-52-50-48-46-44-42-40-38-36-34-32-30-28-26-24-22-20-18-16-14-12-10-8-6-4-2/h55-58H,3-54H2,1-2H3. The average molecular weight is 836 g/mol. The molecule has 0 heteroatoms. The zero-order valence-corrected chi connectivity index (χ0v) is 42.1. The van der Waals surface area contributed by atoms with Gasteiger partial charge in [0.25, 0.3) is 0 Å². The second kappa shape index (κ2) is 50.9. The van der Waals surface area contributed by atoms with Gasteiger partial charge in [-0.2, -0.15) is 0 Å². The van der Waals surface area contributed by atoms with E-state index in [0.717, 1.165) is 0 Å². The van der Waals surface area contributed by atoms with Crippen LogP contribution in [0.15, 0.2) is 24.3 Å². The maximum absolute atomic E-state index is 2.43. The monoisotopic (exact) mass is 835 g/mol. The second-order valence-electron chi connectivity index (χ2n) is 20.3.